The Morgan fingerprint density at radius 2 is 1.87 bits per heavy atom. The number of hydrogen-bond acceptors (Lipinski definition) is 3. The summed E-state index contributed by atoms with van der Waals surface area (Å²) in [5.41, 5.74) is 1.15. The summed E-state index contributed by atoms with van der Waals surface area (Å²) in [6.45, 7) is 0.898. The number of halogens is 1. The van der Waals surface area contributed by atoms with Gasteiger partial charge in [0, 0.05) is 6.54 Å². The summed E-state index contributed by atoms with van der Waals surface area (Å²) >= 11 is 5.98. The number of rotatable bonds is 8. The molecule has 0 aliphatic rings. The number of nitrogens with one attached hydrogen (secondary N) is 1. The van der Waals surface area contributed by atoms with Crippen LogP contribution >= 0.6 is 11.6 Å². The van der Waals surface area contributed by atoms with E-state index in [0.717, 1.165) is 17.7 Å². The molecule has 0 heterocycles. The van der Waals surface area contributed by atoms with Crippen molar-refractivity contribution in [1.82, 2.24) is 5.32 Å². The van der Waals surface area contributed by atoms with Crippen LogP contribution in [0.3, 0.4) is 0 Å². The van der Waals surface area contributed by atoms with Crippen LogP contribution in [0.25, 0.3) is 0 Å². The van der Waals surface area contributed by atoms with Crippen molar-refractivity contribution in [3.05, 3.63) is 59.1 Å². The molecule has 122 valence electrons. The van der Waals surface area contributed by atoms with Gasteiger partial charge in [0.15, 0.2) is 0 Å². The van der Waals surface area contributed by atoms with E-state index in [9.17, 15) is 4.79 Å². The molecule has 0 fully saturated rings. The van der Waals surface area contributed by atoms with Gasteiger partial charge in [-0.15, -0.1) is 0 Å². The summed E-state index contributed by atoms with van der Waals surface area (Å²) in [7, 11) is 1.64. The summed E-state index contributed by atoms with van der Waals surface area (Å²) in [4.78, 5) is 11.8. The summed E-state index contributed by atoms with van der Waals surface area (Å²) in [6.07, 6.45) is 1.08. The second-order valence-corrected chi connectivity index (χ2v) is 5.38. The predicted molar refractivity (Wildman–Crippen MR) is 91.3 cm³/mol. The first-order chi connectivity index (χ1) is 11.2. The number of ether oxygens (including phenoxy) is 2. The average molecular weight is 334 g/mol. The van der Waals surface area contributed by atoms with E-state index in [2.05, 4.69) is 5.32 Å². The van der Waals surface area contributed by atoms with Gasteiger partial charge in [-0.3, -0.25) is 4.79 Å². The summed E-state index contributed by atoms with van der Waals surface area (Å²) in [5.74, 6) is 1.39. The highest BCUT2D eigenvalue weighted by atomic mass is 35.5. The molecule has 5 heteroatoms. The summed E-state index contributed by atoms with van der Waals surface area (Å²) < 4.78 is 10.6. The second kappa shape index (κ2) is 9.06. The van der Waals surface area contributed by atoms with Crippen molar-refractivity contribution in [3.8, 4) is 11.5 Å². The van der Waals surface area contributed by atoms with Crippen molar-refractivity contribution >= 4 is 17.5 Å². The molecule has 0 bridgehead atoms. The average Bonchev–Trinajstić information content (AvgIpc) is 2.57. The molecule has 0 aromatic heterocycles. The molecule has 2 aromatic carbocycles. The number of benzene rings is 2. The van der Waals surface area contributed by atoms with E-state index in [0.29, 0.717) is 30.3 Å². The van der Waals surface area contributed by atoms with Gasteiger partial charge in [-0.2, -0.15) is 0 Å². The lowest BCUT2D eigenvalue weighted by atomic mass is 10.1. The van der Waals surface area contributed by atoms with E-state index in [1.165, 1.54) is 0 Å². The molecule has 0 radical (unpaired) electrons. The first kappa shape index (κ1) is 17.2. The Morgan fingerprint density at radius 3 is 2.57 bits per heavy atom. The van der Waals surface area contributed by atoms with Crippen LogP contribution in [0.4, 0.5) is 0 Å². The van der Waals surface area contributed by atoms with E-state index in [1.54, 1.807) is 19.2 Å². The Morgan fingerprint density at radius 1 is 1.13 bits per heavy atom. The highest BCUT2D eigenvalue weighted by molar-refractivity contribution is 6.32. The molecule has 0 atom stereocenters. The first-order valence-electron chi connectivity index (χ1n) is 7.46. The lowest BCUT2D eigenvalue weighted by molar-refractivity contribution is -0.121. The predicted octanol–water partition coefficient (Wildman–Crippen LogP) is 3.48. The standard InChI is InChI=1S/C18H20ClNO3/c1-22-15-8-6-14(7-9-15)10-12-20-18(21)11-13-23-17-5-3-2-4-16(17)19/h2-9H,10-13H2,1H3,(H,20,21). The lowest BCUT2D eigenvalue weighted by Crippen LogP contribution is -2.27. The van der Waals surface area contributed by atoms with E-state index in [-0.39, 0.29) is 5.91 Å². The maximum Gasteiger partial charge on any atom is 0.223 e. The van der Waals surface area contributed by atoms with Gasteiger partial charge in [0.25, 0.3) is 0 Å². The van der Waals surface area contributed by atoms with E-state index >= 15 is 0 Å². The van der Waals surface area contributed by atoms with Gasteiger partial charge in [-0.05, 0) is 36.2 Å². The third-order valence-electron chi connectivity index (χ3n) is 3.32. The minimum atomic E-state index is -0.0365. The summed E-state index contributed by atoms with van der Waals surface area (Å²) in [6, 6.07) is 15.0. The number of amides is 1. The SMILES string of the molecule is COc1ccc(CCNC(=O)CCOc2ccccc2Cl)cc1. The number of hydrogen-bond donors (Lipinski definition) is 1. The molecule has 1 N–H and O–H groups in total. The van der Waals surface area contributed by atoms with Crippen LogP contribution in [0, 0.1) is 0 Å². The molecular formula is C18H20ClNO3. The fourth-order valence-corrected chi connectivity index (χ4v) is 2.23. The van der Waals surface area contributed by atoms with Gasteiger partial charge < -0.3 is 14.8 Å². The molecule has 2 aromatic rings. The number of carbonyl (C=O) groups is 1. The van der Waals surface area contributed by atoms with Gasteiger partial charge >= 0.3 is 0 Å². The molecule has 0 aliphatic carbocycles. The van der Waals surface area contributed by atoms with Crippen molar-refractivity contribution in [2.45, 2.75) is 12.8 Å². The Labute approximate surface area is 141 Å². The van der Waals surface area contributed by atoms with Crippen LogP contribution < -0.4 is 14.8 Å². The van der Waals surface area contributed by atoms with Crippen molar-refractivity contribution in [2.24, 2.45) is 0 Å². The fourth-order valence-electron chi connectivity index (χ4n) is 2.04. The van der Waals surface area contributed by atoms with E-state index in [4.69, 9.17) is 21.1 Å². The van der Waals surface area contributed by atoms with Gasteiger partial charge in [0.1, 0.15) is 11.5 Å². The van der Waals surface area contributed by atoms with Crippen LogP contribution in [0.15, 0.2) is 48.5 Å². The van der Waals surface area contributed by atoms with Gasteiger partial charge in [0.2, 0.25) is 5.91 Å². The molecule has 0 aliphatic heterocycles. The second-order valence-electron chi connectivity index (χ2n) is 4.98. The van der Waals surface area contributed by atoms with Crippen molar-refractivity contribution in [3.63, 3.8) is 0 Å². The minimum Gasteiger partial charge on any atom is -0.497 e. The topological polar surface area (TPSA) is 47.6 Å². The van der Waals surface area contributed by atoms with Crippen LogP contribution in [0.1, 0.15) is 12.0 Å². The van der Waals surface area contributed by atoms with Crippen LogP contribution in [0.2, 0.25) is 5.02 Å². The number of methoxy groups -OCH3 is 1. The number of carbonyl (C=O) groups excluding carboxylic acids is 1. The Kier molecular flexibility index (Phi) is 6.76. The smallest absolute Gasteiger partial charge is 0.223 e. The Bertz CT molecular complexity index is 628. The highest BCUT2D eigenvalue weighted by Gasteiger charge is 2.04. The maximum absolute atomic E-state index is 11.8. The van der Waals surface area contributed by atoms with Gasteiger partial charge in [-0.1, -0.05) is 35.9 Å². The zero-order valence-corrected chi connectivity index (χ0v) is 13.8. The monoisotopic (exact) mass is 333 g/mol. The van der Waals surface area contributed by atoms with Crippen LogP contribution in [-0.2, 0) is 11.2 Å². The van der Waals surface area contributed by atoms with Crippen molar-refractivity contribution in [2.75, 3.05) is 20.3 Å². The van der Waals surface area contributed by atoms with Crippen molar-refractivity contribution < 1.29 is 14.3 Å². The van der Waals surface area contributed by atoms with Gasteiger partial charge in [0.05, 0.1) is 25.2 Å². The van der Waals surface area contributed by atoms with E-state index in [1.807, 2.05) is 36.4 Å². The van der Waals surface area contributed by atoms with Gasteiger partial charge in [-0.25, -0.2) is 0 Å². The van der Waals surface area contributed by atoms with Crippen molar-refractivity contribution in [1.29, 1.82) is 0 Å². The minimum absolute atomic E-state index is 0.0365. The molecule has 0 saturated heterocycles. The molecular weight excluding hydrogens is 314 g/mol. The fraction of sp³-hybridized carbons (Fsp3) is 0.278. The molecule has 2 rings (SSSR count). The zero-order valence-electron chi connectivity index (χ0n) is 13.0. The Balaban J connectivity index is 1.64. The molecule has 0 saturated carbocycles. The molecule has 0 unspecified atom stereocenters. The molecule has 1 amide bonds. The number of para-hydroxylation sites is 1. The normalized spacial score (nSPS) is 10.2. The summed E-state index contributed by atoms with van der Waals surface area (Å²) in [5, 5.41) is 3.43. The zero-order chi connectivity index (χ0) is 16.5. The maximum atomic E-state index is 11.8. The Hall–Kier alpha value is -2.20. The largest absolute Gasteiger partial charge is 0.497 e. The van der Waals surface area contributed by atoms with Crippen LogP contribution in [0.5, 0.6) is 11.5 Å². The highest BCUT2D eigenvalue weighted by Crippen LogP contribution is 2.23. The van der Waals surface area contributed by atoms with Crippen LogP contribution in [-0.4, -0.2) is 26.2 Å². The van der Waals surface area contributed by atoms with E-state index < -0.39 is 0 Å². The molecule has 23 heavy (non-hydrogen) atoms. The molecule has 0 spiro atoms. The third kappa shape index (κ3) is 5.83. The third-order valence-corrected chi connectivity index (χ3v) is 3.63. The molecule has 4 nitrogen and oxygen atoms in total. The lowest BCUT2D eigenvalue weighted by Gasteiger charge is -2.08. The quantitative estimate of drug-likeness (QED) is 0.804. The first-order valence-corrected chi connectivity index (χ1v) is 7.84.